The van der Waals surface area contributed by atoms with Gasteiger partial charge in [0, 0.05) is 45.5 Å². The van der Waals surface area contributed by atoms with Crippen molar-refractivity contribution in [2.75, 3.05) is 46.6 Å². The average Bonchev–Trinajstić information content (AvgIpc) is 2.65. The molecular weight excluding hydrogens is 342 g/mol. The van der Waals surface area contributed by atoms with Crippen LogP contribution in [0.2, 0.25) is 0 Å². The Balaban J connectivity index is 2.40. The maximum Gasteiger partial charge on any atom is 0.191 e. The molecule has 0 saturated heterocycles. The van der Waals surface area contributed by atoms with E-state index in [1.807, 2.05) is 6.92 Å². The first kappa shape index (κ1) is 23.2. The zero-order valence-electron chi connectivity index (χ0n) is 17.6. The summed E-state index contributed by atoms with van der Waals surface area (Å²) in [5, 5.41) is 6.66. The minimum atomic E-state index is 0.549. The van der Waals surface area contributed by atoms with Crippen molar-refractivity contribution in [1.82, 2.24) is 10.6 Å². The van der Waals surface area contributed by atoms with E-state index >= 15 is 0 Å². The molecule has 0 saturated carbocycles. The van der Waals surface area contributed by atoms with E-state index < -0.39 is 0 Å². The molecule has 1 rings (SSSR count). The molecule has 0 amide bonds. The second-order valence-corrected chi connectivity index (χ2v) is 6.83. The van der Waals surface area contributed by atoms with Crippen molar-refractivity contribution >= 4 is 5.96 Å². The molecule has 0 fully saturated rings. The predicted octanol–water partition coefficient (Wildman–Crippen LogP) is 3.14. The lowest BCUT2D eigenvalue weighted by molar-refractivity contribution is 0.108. The van der Waals surface area contributed by atoms with Crippen molar-refractivity contribution in [3.63, 3.8) is 0 Å². The number of benzene rings is 1. The van der Waals surface area contributed by atoms with Crippen molar-refractivity contribution in [2.45, 2.75) is 40.7 Å². The molecule has 154 valence electrons. The summed E-state index contributed by atoms with van der Waals surface area (Å²) in [6.45, 7) is 13.3. The lowest BCUT2D eigenvalue weighted by Crippen LogP contribution is -2.37. The van der Waals surface area contributed by atoms with Gasteiger partial charge >= 0.3 is 0 Å². The fourth-order valence-corrected chi connectivity index (χ4v) is 2.40. The molecule has 1 aromatic rings. The highest BCUT2D eigenvalue weighted by molar-refractivity contribution is 5.79. The smallest absolute Gasteiger partial charge is 0.191 e. The number of hydrogen-bond donors (Lipinski definition) is 2. The van der Waals surface area contributed by atoms with E-state index in [9.17, 15) is 0 Å². The van der Waals surface area contributed by atoms with Crippen molar-refractivity contribution in [1.29, 1.82) is 0 Å². The molecule has 2 N–H and O–H groups in total. The monoisotopic (exact) mass is 379 g/mol. The lowest BCUT2D eigenvalue weighted by atomic mass is 10.1. The molecule has 0 aromatic heterocycles. The normalized spacial score (nSPS) is 11.7. The molecule has 1 aromatic carbocycles. The number of nitrogens with zero attached hydrogens (tertiary/aromatic N) is 1. The summed E-state index contributed by atoms with van der Waals surface area (Å²) in [5.41, 5.74) is 2.27. The van der Waals surface area contributed by atoms with Gasteiger partial charge in [-0.15, -0.1) is 0 Å². The Bertz CT molecular complexity index is 547. The van der Waals surface area contributed by atoms with Crippen LogP contribution in [0.15, 0.2) is 23.2 Å². The van der Waals surface area contributed by atoms with E-state index in [2.05, 4.69) is 54.6 Å². The highest BCUT2D eigenvalue weighted by Crippen LogP contribution is 2.20. The number of guanidine groups is 1. The van der Waals surface area contributed by atoms with Crippen LogP contribution in [0.3, 0.4) is 0 Å². The molecule has 0 unspecified atom stereocenters. The maximum atomic E-state index is 5.89. The Kier molecular flexibility index (Phi) is 12.3. The summed E-state index contributed by atoms with van der Waals surface area (Å²) in [5.74, 6) is 2.24. The molecule has 0 aliphatic heterocycles. The van der Waals surface area contributed by atoms with Gasteiger partial charge in [0.15, 0.2) is 5.96 Å². The minimum absolute atomic E-state index is 0.549. The van der Waals surface area contributed by atoms with Crippen LogP contribution in [0.1, 0.15) is 38.3 Å². The molecule has 0 heterocycles. The summed E-state index contributed by atoms with van der Waals surface area (Å²) in [6.07, 6.45) is 0.948. The Morgan fingerprint density at radius 3 is 2.63 bits per heavy atom. The average molecular weight is 380 g/mol. The zero-order valence-corrected chi connectivity index (χ0v) is 17.6. The predicted molar refractivity (Wildman–Crippen MR) is 112 cm³/mol. The maximum absolute atomic E-state index is 5.89. The Labute approximate surface area is 164 Å². The van der Waals surface area contributed by atoms with E-state index in [4.69, 9.17) is 14.2 Å². The summed E-state index contributed by atoms with van der Waals surface area (Å²) < 4.78 is 16.8. The first-order valence-electron chi connectivity index (χ1n) is 9.89. The van der Waals surface area contributed by atoms with Crippen LogP contribution >= 0.6 is 0 Å². The van der Waals surface area contributed by atoms with Crippen molar-refractivity contribution in [3.05, 3.63) is 29.3 Å². The van der Waals surface area contributed by atoms with Crippen molar-refractivity contribution < 1.29 is 14.2 Å². The van der Waals surface area contributed by atoms with Gasteiger partial charge in [-0.2, -0.15) is 0 Å². The highest BCUT2D eigenvalue weighted by Gasteiger charge is 2.06. The number of hydrogen-bond acceptors (Lipinski definition) is 4. The summed E-state index contributed by atoms with van der Waals surface area (Å²) in [6, 6.07) is 6.24. The van der Waals surface area contributed by atoms with Gasteiger partial charge in [0.05, 0.1) is 6.61 Å². The molecule has 27 heavy (non-hydrogen) atoms. The first-order chi connectivity index (χ1) is 13.1. The van der Waals surface area contributed by atoms with Crippen LogP contribution in [0.4, 0.5) is 0 Å². The van der Waals surface area contributed by atoms with Gasteiger partial charge in [0.2, 0.25) is 0 Å². The second kappa shape index (κ2) is 14.3. The SMILES string of the molecule is CCOCCOc1cc(C)ccc1CNC(=NC)NCCCOCC(C)C. The van der Waals surface area contributed by atoms with Gasteiger partial charge in [-0.25, -0.2) is 0 Å². The summed E-state index contributed by atoms with van der Waals surface area (Å²) >= 11 is 0. The van der Waals surface area contributed by atoms with E-state index in [0.29, 0.717) is 32.3 Å². The third kappa shape index (κ3) is 10.8. The second-order valence-electron chi connectivity index (χ2n) is 6.83. The quantitative estimate of drug-likeness (QED) is 0.313. The van der Waals surface area contributed by atoms with E-state index in [-0.39, 0.29) is 0 Å². The van der Waals surface area contributed by atoms with Crippen LogP contribution < -0.4 is 15.4 Å². The number of rotatable bonds is 13. The number of nitrogens with one attached hydrogen (secondary N) is 2. The Morgan fingerprint density at radius 1 is 1.11 bits per heavy atom. The number of aryl methyl sites for hydroxylation is 1. The van der Waals surface area contributed by atoms with E-state index in [0.717, 1.165) is 43.5 Å². The summed E-state index contributed by atoms with van der Waals surface area (Å²) in [7, 11) is 1.78. The van der Waals surface area contributed by atoms with Crippen LogP contribution in [0.5, 0.6) is 5.75 Å². The Morgan fingerprint density at radius 2 is 1.93 bits per heavy atom. The molecule has 0 aliphatic rings. The standard InChI is InChI=1S/C21H37N3O3/c1-6-25-12-13-27-20-14-18(4)8-9-19(20)15-24-21(22-5)23-10-7-11-26-16-17(2)3/h8-9,14,17H,6-7,10-13,15-16H2,1-5H3,(H2,22,23,24). The van der Waals surface area contributed by atoms with Gasteiger partial charge in [0.1, 0.15) is 12.4 Å². The van der Waals surface area contributed by atoms with Crippen LogP contribution in [0.25, 0.3) is 0 Å². The van der Waals surface area contributed by atoms with Crippen molar-refractivity contribution in [2.24, 2.45) is 10.9 Å². The minimum Gasteiger partial charge on any atom is -0.491 e. The molecule has 0 atom stereocenters. The van der Waals surface area contributed by atoms with Gasteiger partial charge in [-0.05, 0) is 37.8 Å². The topological polar surface area (TPSA) is 64.1 Å². The van der Waals surface area contributed by atoms with Crippen LogP contribution in [-0.2, 0) is 16.0 Å². The van der Waals surface area contributed by atoms with Gasteiger partial charge in [-0.3, -0.25) is 4.99 Å². The Hall–Kier alpha value is -1.79. The van der Waals surface area contributed by atoms with Crippen LogP contribution in [-0.4, -0.2) is 52.6 Å². The molecule has 6 heteroatoms. The number of aliphatic imine (C=N–C) groups is 1. The fraction of sp³-hybridized carbons (Fsp3) is 0.667. The molecule has 0 aliphatic carbocycles. The first-order valence-corrected chi connectivity index (χ1v) is 9.89. The lowest BCUT2D eigenvalue weighted by Gasteiger charge is -2.15. The third-order valence-electron chi connectivity index (χ3n) is 3.79. The van der Waals surface area contributed by atoms with Gasteiger partial charge in [-0.1, -0.05) is 26.0 Å². The molecule has 0 radical (unpaired) electrons. The fourth-order valence-electron chi connectivity index (χ4n) is 2.40. The zero-order chi connectivity index (χ0) is 19.9. The summed E-state index contributed by atoms with van der Waals surface area (Å²) in [4.78, 5) is 4.28. The van der Waals surface area contributed by atoms with Gasteiger partial charge < -0.3 is 24.8 Å². The van der Waals surface area contributed by atoms with E-state index in [1.165, 1.54) is 5.56 Å². The highest BCUT2D eigenvalue weighted by atomic mass is 16.5. The van der Waals surface area contributed by atoms with Gasteiger partial charge in [0.25, 0.3) is 0 Å². The molecule has 0 bridgehead atoms. The van der Waals surface area contributed by atoms with Crippen LogP contribution in [0, 0.1) is 12.8 Å². The molecule has 0 spiro atoms. The largest absolute Gasteiger partial charge is 0.491 e. The van der Waals surface area contributed by atoms with E-state index in [1.54, 1.807) is 7.05 Å². The third-order valence-corrected chi connectivity index (χ3v) is 3.79. The molecule has 6 nitrogen and oxygen atoms in total. The van der Waals surface area contributed by atoms with Crippen molar-refractivity contribution in [3.8, 4) is 5.75 Å². The molecular formula is C21H37N3O3. The number of ether oxygens (including phenoxy) is 3.